The summed E-state index contributed by atoms with van der Waals surface area (Å²) in [7, 11) is 0. The maximum Gasteiger partial charge on any atom is 0.354 e. The maximum absolute atomic E-state index is 10.8. The van der Waals surface area contributed by atoms with Crippen molar-refractivity contribution < 1.29 is 14.6 Å². The molecule has 0 spiro atoms. The molecule has 1 aromatic carbocycles. The monoisotopic (exact) mass is 244 g/mol. The average Bonchev–Trinajstić information content (AvgIpc) is 2.37. The van der Waals surface area contributed by atoms with E-state index in [9.17, 15) is 4.79 Å². The fourth-order valence-corrected chi connectivity index (χ4v) is 1.47. The van der Waals surface area contributed by atoms with Crippen molar-refractivity contribution in [3.05, 3.63) is 53.6 Å². The number of para-hydroxylation sites is 1. The predicted molar refractivity (Wildman–Crippen MR) is 64.5 cm³/mol. The summed E-state index contributed by atoms with van der Waals surface area (Å²) < 4.78 is 5.46. The predicted octanol–water partition coefficient (Wildman–Crippen LogP) is 2.06. The number of carboxylic acids is 1. The van der Waals surface area contributed by atoms with Crippen LogP contribution >= 0.6 is 0 Å². The molecule has 1 aromatic heterocycles. The second-order valence-electron chi connectivity index (χ2n) is 3.72. The molecule has 0 saturated heterocycles. The van der Waals surface area contributed by atoms with Crippen molar-refractivity contribution in [2.24, 2.45) is 0 Å². The van der Waals surface area contributed by atoms with Crippen LogP contribution in [-0.4, -0.2) is 21.0 Å². The van der Waals surface area contributed by atoms with E-state index in [2.05, 4.69) is 9.97 Å². The fourth-order valence-electron chi connectivity index (χ4n) is 1.47. The molecule has 0 amide bonds. The summed E-state index contributed by atoms with van der Waals surface area (Å²) in [6, 6.07) is 10.7. The lowest BCUT2D eigenvalue weighted by Gasteiger charge is -2.06. The minimum absolute atomic E-state index is 0.0193. The third-order valence-electron chi connectivity index (χ3n) is 2.23. The lowest BCUT2D eigenvalue weighted by molar-refractivity contribution is 0.0689. The first-order valence-corrected chi connectivity index (χ1v) is 5.41. The first-order chi connectivity index (χ1) is 8.65. The second-order valence-corrected chi connectivity index (χ2v) is 3.72. The van der Waals surface area contributed by atoms with Crippen LogP contribution in [0.5, 0.6) is 5.75 Å². The normalized spacial score (nSPS) is 10.1. The van der Waals surface area contributed by atoms with Gasteiger partial charge in [0, 0.05) is 5.69 Å². The van der Waals surface area contributed by atoms with Crippen LogP contribution in [0.1, 0.15) is 22.0 Å². The molecule has 5 heteroatoms. The van der Waals surface area contributed by atoms with Crippen molar-refractivity contribution >= 4 is 5.97 Å². The quantitative estimate of drug-likeness (QED) is 0.891. The van der Waals surface area contributed by atoms with Crippen molar-refractivity contribution in [1.29, 1.82) is 0 Å². The Labute approximate surface area is 104 Å². The molecular formula is C13H12N2O3. The Balaban J connectivity index is 2.12. The van der Waals surface area contributed by atoms with E-state index in [1.807, 2.05) is 30.3 Å². The molecular weight excluding hydrogens is 232 g/mol. The zero-order valence-electron chi connectivity index (χ0n) is 9.83. The zero-order valence-corrected chi connectivity index (χ0v) is 9.83. The molecule has 0 radical (unpaired) electrons. The Morgan fingerprint density at radius 2 is 2.00 bits per heavy atom. The molecule has 0 aliphatic rings. The molecule has 0 unspecified atom stereocenters. The van der Waals surface area contributed by atoms with Crippen molar-refractivity contribution in [2.45, 2.75) is 13.5 Å². The van der Waals surface area contributed by atoms with Gasteiger partial charge in [0.25, 0.3) is 0 Å². The Morgan fingerprint density at radius 1 is 1.28 bits per heavy atom. The minimum atomic E-state index is -1.07. The minimum Gasteiger partial charge on any atom is -0.486 e. The van der Waals surface area contributed by atoms with E-state index >= 15 is 0 Å². The molecule has 2 aromatic rings. The van der Waals surface area contributed by atoms with E-state index in [1.54, 1.807) is 6.92 Å². The highest BCUT2D eigenvalue weighted by Gasteiger charge is 2.08. The van der Waals surface area contributed by atoms with E-state index in [0.29, 0.717) is 17.3 Å². The number of aromatic carboxylic acids is 1. The van der Waals surface area contributed by atoms with Gasteiger partial charge < -0.3 is 9.84 Å². The highest BCUT2D eigenvalue weighted by atomic mass is 16.5. The second kappa shape index (κ2) is 5.27. The Hall–Kier alpha value is -2.43. The van der Waals surface area contributed by atoms with Gasteiger partial charge in [-0.25, -0.2) is 14.8 Å². The number of carbonyl (C=O) groups is 1. The summed E-state index contributed by atoms with van der Waals surface area (Å²) in [5.41, 5.74) is 0.586. The number of ether oxygens (including phenoxy) is 1. The summed E-state index contributed by atoms with van der Waals surface area (Å²) in [5, 5.41) is 8.89. The fraction of sp³-hybridized carbons (Fsp3) is 0.154. The number of nitrogens with zero attached hydrogens (tertiary/aromatic N) is 2. The van der Waals surface area contributed by atoms with E-state index in [-0.39, 0.29) is 12.3 Å². The molecule has 0 atom stereocenters. The molecule has 2 rings (SSSR count). The van der Waals surface area contributed by atoms with E-state index in [4.69, 9.17) is 9.84 Å². The smallest absolute Gasteiger partial charge is 0.354 e. The van der Waals surface area contributed by atoms with E-state index < -0.39 is 5.97 Å². The zero-order chi connectivity index (χ0) is 13.0. The van der Waals surface area contributed by atoms with E-state index in [1.165, 1.54) is 6.07 Å². The van der Waals surface area contributed by atoms with Gasteiger partial charge in [0.2, 0.25) is 0 Å². The SMILES string of the molecule is Cc1cc(C(=O)O)nc(COc2ccccc2)n1. The van der Waals surface area contributed by atoms with Gasteiger partial charge in [-0.05, 0) is 25.1 Å². The van der Waals surface area contributed by atoms with Gasteiger partial charge in [-0.2, -0.15) is 0 Å². The summed E-state index contributed by atoms with van der Waals surface area (Å²) >= 11 is 0. The summed E-state index contributed by atoms with van der Waals surface area (Å²) in [5.74, 6) is -0.0165. The molecule has 1 heterocycles. The van der Waals surface area contributed by atoms with Gasteiger partial charge in [-0.1, -0.05) is 18.2 Å². The highest BCUT2D eigenvalue weighted by Crippen LogP contribution is 2.10. The standard InChI is InChI=1S/C13H12N2O3/c1-9-7-11(13(16)17)15-12(14-9)8-18-10-5-3-2-4-6-10/h2-7H,8H2,1H3,(H,16,17). The molecule has 0 fully saturated rings. The van der Waals surface area contributed by atoms with Crippen LogP contribution in [0.2, 0.25) is 0 Å². The first kappa shape index (κ1) is 12.0. The average molecular weight is 244 g/mol. The number of benzene rings is 1. The molecule has 0 bridgehead atoms. The molecule has 1 N–H and O–H groups in total. The summed E-state index contributed by atoms with van der Waals surface area (Å²) in [6.45, 7) is 1.87. The van der Waals surface area contributed by atoms with Crippen LogP contribution in [-0.2, 0) is 6.61 Å². The van der Waals surface area contributed by atoms with Crippen LogP contribution < -0.4 is 4.74 Å². The number of hydrogen-bond donors (Lipinski definition) is 1. The lowest BCUT2D eigenvalue weighted by Crippen LogP contribution is -2.09. The van der Waals surface area contributed by atoms with Crippen molar-refractivity contribution in [3.63, 3.8) is 0 Å². The summed E-state index contributed by atoms with van der Waals surface area (Å²) in [6.07, 6.45) is 0. The third-order valence-corrected chi connectivity index (χ3v) is 2.23. The first-order valence-electron chi connectivity index (χ1n) is 5.41. The van der Waals surface area contributed by atoms with Crippen molar-refractivity contribution in [3.8, 4) is 5.75 Å². The summed E-state index contributed by atoms with van der Waals surface area (Å²) in [4.78, 5) is 18.9. The third kappa shape index (κ3) is 3.04. The molecule has 0 aliphatic carbocycles. The molecule has 0 saturated carbocycles. The van der Waals surface area contributed by atoms with Gasteiger partial charge in [0.1, 0.15) is 12.4 Å². The van der Waals surface area contributed by atoms with Crippen molar-refractivity contribution in [1.82, 2.24) is 9.97 Å². The van der Waals surface area contributed by atoms with Crippen LogP contribution in [0.3, 0.4) is 0 Å². The van der Waals surface area contributed by atoms with Crippen LogP contribution in [0, 0.1) is 6.92 Å². The Bertz CT molecular complexity index is 555. The number of carboxylic acid groups (broad SMARTS) is 1. The van der Waals surface area contributed by atoms with Gasteiger partial charge in [0.05, 0.1) is 0 Å². The van der Waals surface area contributed by atoms with Gasteiger partial charge >= 0.3 is 5.97 Å². The molecule has 18 heavy (non-hydrogen) atoms. The van der Waals surface area contributed by atoms with Gasteiger partial charge in [-0.3, -0.25) is 0 Å². The Morgan fingerprint density at radius 3 is 2.67 bits per heavy atom. The molecule has 0 aliphatic heterocycles. The number of hydrogen-bond acceptors (Lipinski definition) is 4. The number of aromatic nitrogens is 2. The van der Waals surface area contributed by atoms with E-state index in [0.717, 1.165) is 0 Å². The molecule has 92 valence electrons. The highest BCUT2D eigenvalue weighted by molar-refractivity contribution is 5.85. The van der Waals surface area contributed by atoms with Gasteiger partial charge in [0.15, 0.2) is 11.5 Å². The van der Waals surface area contributed by atoms with Crippen LogP contribution in [0.25, 0.3) is 0 Å². The topological polar surface area (TPSA) is 72.3 Å². The van der Waals surface area contributed by atoms with Crippen molar-refractivity contribution in [2.75, 3.05) is 0 Å². The van der Waals surface area contributed by atoms with Crippen LogP contribution in [0.15, 0.2) is 36.4 Å². The van der Waals surface area contributed by atoms with Crippen LogP contribution in [0.4, 0.5) is 0 Å². The number of aryl methyl sites for hydroxylation is 1. The lowest BCUT2D eigenvalue weighted by atomic mass is 10.3. The largest absolute Gasteiger partial charge is 0.486 e. The number of rotatable bonds is 4. The maximum atomic E-state index is 10.8. The van der Waals surface area contributed by atoms with Gasteiger partial charge in [-0.15, -0.1) is 0 Å². The molecule has 5 nitrogen and oxygen atoms in total. The Kier molecular flexibility index (Phi) is 3.52.